The average molecular weight is 371 g/mol. The SMILES string of the molecule is CCCCC[C@H](O)C=C[C@@H]1[C@@H](CC=CCCC[C@@H](O)CO)[C@@H](O)C[C@H]1O. The second-order valence-electron chi connectivity index (χ2n) is 7.53. The highest BCUT2D eigenvalue weighted by Gasteiger charge is 2.39. The van der Waals surface area contributed by atoms with E-state index < -0.39 is 24.4 Å². The van der Waals surface area contributed by atoms with Crippen molar-refractivity contribution >= 4 is 0 Å². The van der Waals surface area contributed by atoms with Crippen LogP contribution in [0.4, 0.5) is 0 Å². The Kier molecular flexibility index (Phi) is 12.1. The van der Waals surface area contributed by atoms with Crippen LogP contribution in [0.3, 0.4) is 0 Å². The molecule has 0 unspecified atom stereocenters. The van der Waals surface area contributed by atoms with Crippen LogP contribution >= 0.6 is 0 Å². The molecule has 1 rings (SSSR count). The predicted octanol–water partition coefficient (Wildman–Crippen LogP) is 2.31. The fraction of sp³-hybridized carbons (Fsp3) is 0.810. The third-order valence-electron chi connectivity index (χ3n) is 5.27. The van der Waals surface area contributed by atoms with E-state index in [0.717, 1.165) is 38.5 Å². The van der Waals surface area contributed by atoms with Gasteiger partial charge in [-0.1, -0.05) is 50.5 Å². The lowest BCUT2D eigenvalue weighted by Gasteiger charge is -2.19. The Morgan fingerprint density at radius 1 is 1.00 bits per heavy atom. The summed E-state index contributed by atoms with van der Waals surface area (Å²) in [6.45, 7) is 1.93. The van der Waals surface area contributed by atoms with E-state index in [2.05, 4.69) is 6.92 Å². The number of rotatable bonds is 13. The molecule has 0 radical (unpaired) electrons. The lowest BCUT2D eigenvalue weighted by Crippen LogP contribution is -2.20. The third kappa shape index (κ3) is 8.78. The lowest BCUT2D eigenvalue weighted by molar-refractivity contribution is 0.0868. The smallest absolute Gasteiger partial charge is 0.0771 e. The largest absolute Gasteiger partial charge is 0.394 e. The van der Waals surface area contributed by atoms with Gasteiger partial charge in [0.25, 0.3) is 0 Å². The average Bonchev–Trinajstić information content (AvgIpc) is 2.89. The zero-order valence-corrected chi connectivity index (χ0v) is 16.1. The van der Waals surface area contributed by atoms with Gasteiger partial charge in [0.15, 0.2) is 0 Å². The molecule has 0 bridgehead atoms. The van der Waals surface area contributed by atoms with Gasteiger partial charge in [-0.3, -0.25) is 0 Å². The molecule has 5 N–H and O–H groups in total. The first kappa shape index (κ1) is 23.3. The van der Waals surface area contributed by atoms with Gasteiger partial charge in [0.05, 0.1) is 31.0 Å². The van der Waals surface area contributed by atoms with Crippen molar-refractivity contribution in [3.05, 3.63) is 24.3 Å². The van der Waals surface area contributed by atoms with Crippen LogP contribution in [-0.4, -0.2) is 56.6 Å². The van der Waals surface area contributed by atoms with E-state index in [0.29, 0.717) is 19.3 Å². The van der Waals surface area contributed by atoms with Crippen molar-refractivity contribution in [2.45, 2.75) is 89.1 Å². The van der Waals surface area contributed by atoms with Crippen molar-refractivity contribution in [2.24, 2.45) is 11.8 Å². The first-order valence-corrected chi connectivity index (χ1v) is 10.2. The molecule has 1 aliphatic rings. The first-order chi connectivity index (χ1) is 12.5. The maximum absolute atomic E-state index is 10.2. The summed E-state index contributed by atoms with van der Waals surface area (Å²) in [6, 6.07) is 0. The Bertz CT molecular complexity index is 409. The molecule has 0 aromatic rings. The summed E-state index contributed by atoms with van der Waals surface area (Å²) in [7, 11) is 0. The van der Waals surface area contributed by atoms with E-state index >= 15 is 0 Å². The minimum Gasteiger partial charge on any atom is -0.394 e. The Morgan fingerprint density at radius 2 is 1.77 bits per heavy atom. The molecule has 152 valence electrons. The van der Waals surface area contributed by atoms with Gasteiger partial charge in [-0.2, -0.15) is 0 Å². The van der Waals surface area contributed by atoms with Crippen LogP contribution in [0.5, 0.6) is 0 Å². The lowest BCUT2D eigenvalue weighted by atomic mass is 9.89. The maximum atomic E-state index is 10.2. The van der Waals surface area contributed by atoms with Crippen LogP contribution in [0, 0.1) is 11.8 Å². The van der Waals surface area contributed by atoms with Crippen LogP contribution in [-0.2, 0) is 0 Å². The third-order valence-corrected chi connectivity index (χ3v) is 5.27. The molecule has 1 saturated carbocycles. The van der Waals surface area contributed by atoms with E-state index in [1.807, 2.05) is 18.2 Å². The molecule has 0 amide bonds. The zero-order chi connectivity index (χ0) is 19.4. The molecular formula is C21H38O5. The van der Waals surface area contributed by atoms with Crippen molar-refractivity contribution in [3.8, 4) is 0 Å². The molecule has 0 aliphatic heterocycles. The normalized spacial score (nSPS) is 29.0. The van der Waals surface area contributed by atoms with Crippen LogP contribution in [0.2, 0.25) is 0 Å². The minimum absolute atomic E-state index is 0.0385. The van der Waals surface area contributed by atoms with Gasteiger partial charge in [0, 0.05) is 12.3 Å². The summed E-state index contributed by atoms with van der Waals surface area (Å²) < 4.78 is 0. The fourth-order valence-electron chi connectivity index (χ4n) is 3.60. The van der Waals surface area contributed by atoms with Gasteiger partial charge in [-0.25, -0.2) is 0 Å². The topological polar surface area (TPSA) is 101 Å². The zero-order valence-electron chi connectivity index (χ0n) is 16.1. The van der Waals surface area contributed by atoms with Gasteiger partial charge in [0.2, 0.25) is 0 Å². The molecule has 26 heavy (non-hydrogen) atoms. The molecular weight excluding hydrogens is 332 g/mol. The second-order valence-corrected chi connectivity index (χ2v) is 7.53. The highest BCUT2D eigenvalue weighted by atomic mass is 16.3. The van der Waals surface area contributed by atoms with Crippen molar-refractivity contribution in [1.29, 1.82) is 0 Å². The van der Waals surface area contributed by atoms with Crippen molar-refractivity contribution in [3.63, 3.8) is 0 Å². The molecule has 0 spiro atoms. The molecule has 1 aliphatic carbocycles. The van der Waals surface area contributed by atoms with Gasteiger partial charge in [-0.05, 0) is 38.0 Å². The Morgan fingerprint density at radius 3 is 2.46 bits per heavy atom. The monoisotopic (exact) mass is 370 g/mol. The van der Waals surface area contributed by atoms with Gasteiger partial charge in [-0.15, -0.1) is 0 Å². The maximum Gasteiger partial charge on any atom is 0.0771 e. The quantitative estimate of drug-likeness (QED) is 0.253. The molecule has 0 aromatic heterocycles. The molecule has 0 aromatic carbocycles. The molecule has 0 saturated heterocycles. The summed E-state index contributed by atoms with van der Waals surface area (Å²) in [5, 5.41) is 48.5. The summed E-state index contributed by atoms with van der Waals surface area (Å²) >= 11 is 0. The highest BCUT2D eigenvalue weighted by molar-refractivity contribution is 5.06. The summed E-state index contributed by atoms with van der Waals surface area (Å²) in [6.07, 6.45) is 12.7. The number of aliphatic hydroxyl groups is 5. The van der Waals surface area contributed by atoms with Gasteiger partial charge < -0.3 is 25.5 Å². The van der Waals surface area contributed by atoms with E-state index in [9.17, 15) is 20.4 Å². The van der Waals surface area contributed by atoms with Crippen LogP contribution in [0.15, 0.2) is 24.3 Å². The fourth-order valence-corrected chi connectivity index (χ4v) is 3.60. The second kappa shape index (κ2) is 13.4. The molecule has 6 atom stereocenters. The van der Waals surface area contributed by atoms with E-state index in [1.165, 1.54) is 0 Å². The number of hydrogen-bond donors (Lipinski definition) is 5. The van der Waals surface area contributed by atoms with Crippen LogP contribution in [0.1, 0.15) is 64.7 Å². The number of allylic oxidation sites excluding steroid dienone is 2. The van der Waals surface area contributed by atoms with E-state index in [4.69, 9.17) is 5.11 Å². The van der Waals surface area contributed by atoms with Gasteiger partial charge in [0.1, 0.15) is 0 Å². The Balaban J connectivity index is 2.43. The number of hydrogen-bond acceptors (Lipinski definition) is 5. The van der Waals surface area contributed by atoms with Crippen molar-refractivity contribution < 1.29 is 25.5 Å². The van der Waals surface area contributed by atoms with E-state index in [-0.39, 0.29) is 18.4 Å². The first-order valence-electron chi connectivity index (χ1n) is 10.2. The number of unbranched alkanes of at least 4 members (excludes halogenated alkanes) is 3. The summed E-state index contributed by atoms with van der Waals surface area (Å²) in [5.41, 5.74) is 0. The van der Waals surface area contributed by atoms with Crippen molar-refractivity contribution in [2.75, 3.05) is 6.61 Å². The van der Waals surface area contributed by atoms with E-state index in [1.54, 1.807) is 6.08 Å². The molecule has 5 heteroatoms. The number of aliphatic hydroxyl groups excluding tert-OH is 5. The highest BCUT2D eigenvalue weighted by Crippen LogP contribution is 2.36. The molecule has 5 nitrogen and oxygen atoms in total. The van der Waals surface area contributed by atoms with Crippen LogP contribution < -0.4 is 0 Å². The van der Waals surface area contributed by atoms with Crippen LogP contribution in [0.25, 0.3) is 0 Å². The summed E-state index contributed by atoms with van der Waals surface area (Å²) in [4.78, 5) is 0. The summed E-state index contributed by atoms with van der Waals surface area (Å²) in [5.74, 6) is -0.171. The Hall–Kier alpha value is -0.720. The molecule has 1 fully saturated rings. The molecule has 0 heterocycles. The van der Waals surface area contributed by atoms with Gasteiger partial charge >= 0.3 is 0 Å². The Labute approximate surface area is 158 Å². The minimum atomic E-state index is -0.645. The van der Waals surface area contributed by atoms with Crippen molar-refractivity contribution in [1.82, 2.24) is 0 Å². The standard InChI is InChI=1S/C21H38O5/c1-2-3-6-9-16(23)12-13-19-18(20(25)14-21(19)26)11-8-5-4-7-10-17(24)15-22/h5,8,12-13,16-26H,2-4,6-7,9-11,14-15H2,1H3/t16-,17+,18+,19+,20-,21+/m0/s1. The predicted molar refractivity (Wildman–Crippen MR) is 104 cm³/mol.